The van der Waals surface area contributed by atoms with Crippen LogP contribution >= 0.6 is 0 Å². The van der Waals surface area contributed by atoms with Crippen molar-refractivity contribution >= 4 is 25.6 Å². The number of hydrogen-bond donors (Lipinski definition) is 1. The van der Waals surface area contributed by atoms with E-state index in [1.54, 1.807) is 5.19 Å². The summed E-state index contributed by atoms with van der Waals surface area (Å²) in [7, 11) is -3.08. The predicted molar refractivity (Wildman–Crippen MR) is 102 cm³/mol. The van der Waals surface area contributed by atoms with Crippen molar-refractivity contribution in [3.63, 3.8) is 0 Å². The first-order valence-corrected chi connectivity index (χ1v) is 15.0. The standard InChI is InChI=1S/C19H26OSi2.Ac/c1-12-8-15-16-11-17(20)14(3)10-19(16)22(6,7)21(4,5)18(15)9-13(12)2;/h8-11,20H,1-7H3;. The normalized spacial score (nSPS) is 17.0. The van der Waals surface area contributed by atoms with Crippen LogP contribution in [0.3, 0.4) is 0 Å². The van der Waals surface area contributed by atoms with Crippen LogP contribution in [0.25, 0.3) is 11.1 Å². The number of phenolic OH excluding ortho intramolecular Hbond substituents is 1. The van der Waals surface area contributed by atoms with Gasteiger partial charge in [-0.2, -0.15) is 0 Å². The van der Waals surface area contributed by atoms with E-state index in [4.69, 9.17) is 0 Å². The number of hydrogen-bond acceptors (Lipinski definition) is 1. The summed E-state index contributed by atoms with van der Waals surface area (Å²) in [4.78, 5) is 0. The van der Waals surface area contributed by atoms with Gasteiger partial charge in [0, 0.05) is 44.1 Å². The number of rotatable bonds is 0. The Morgan fingerprint density at radius 1 is 0.652 bits per heavy atom. The van der Waals surface area contributed by atoms with Gasteiger partial charge in [-0.05, 0) is 54.7 Å². The molecule has 23 heavy (non-hydrogen) atoms. The fourth-order valence-electron chi connectivity index (χ4n) is 3.67. The van der Waals surface area contributed by atoms with Gasteiger partial charge in [-0.25, -0.2) is 0 Å². The first-order chi connectivity index (χ1) is 10.1. The van der Waals surface area contributed by atoms with Gasteiger partial charge in [0.15, 0.2) is 0 Å². The number of fused-ring (bicyclic) bond motifs is 3. The zero-order chi connectivity index (χ0) is 16.4. The zero-order valence-corrected chi connectivity index (χ0v) is 22.1. The van der Waals surface area contributed by atoms with E-state index >= 15 is 0 Å². The van der Waals surface area contributed by atoms with Gasteiger partial charge in [-0.3, -0.25) is 0 Å². The molecule has 4 heteroatoms. The molecule has 0 unspecified atom stereocenters. The van der Waals surface area contributed by atoms with Crippen molar-refractivity contribution in [1.29, 1.82) is 0 Å². The van der Waals surface area contributed by atoms with Gasteiger partial charge in [0.05, 0.1) is 15.2 Å². The van der Waals surface area contributed by atoms with Gasteiger partial charge in [-0.15, -0.1) is 0 Å². The van der Waals surface area contributed by atoms with E-state index in [1.807, 2.05) is 13.0 Å². The number of aromatic hydroxyl groups is 1. The van der Waals surface area contributed by atoms with Gasteiger partial charge in [-0.1, -0.05) is 54.8 Å². The molecule has 2 aromatic carbocycles. The molecule has 1 N–H and O–H groups in total. The smallest absolute Gasteiger partial charge is 0.119 e. The van der Waals surface area contributed by atoms with Gasteiger partial charge in [0.25, 0.3) is 0 Å². The number of aryl methyl sites for hydroxylation is 3. The molecule has 1 radical (unpaired) electrons. The monoisotopic (exact) mass is 553 g/mol. The van der Waals surface area contributed by atoms with Crippen molar-refractivity contribution < 1.29 is 49.2 Å². The largest absolute Gasteiger partial charge is 0.508 e. The molecular weight excluding hydrogens is 527 g/mol. The molecule has 0 atom stereocenters. The van der Waals surface area contributed by atoms with E-state index < -0.39 is 15.2 Å². The summed E-state index contributed by atoms with van der Waals surface area (Å²) in [5.74, 6) is 0.425. The van der Waals surface area contributed by atoms with Crippen molar-refractivity contribution in [3.05, 3.63) is 41.0 Å². The first kappa shape index (κ1) is 19.4. The van der Waals surface area contributed by atoms with E-state index in [2.05, 4.69) is 58.2 Å². The molecule has 1 heterocycles. The van der Waals surface area contributed by atoms with Crippen molar-refractivity contribution in [2.45, 2.75) is 47.0 Å². The summed E-state index contributed by atoms with van der Waals surface area (Å²) >= 11 is 0. The van der Waals surface area contributed by atoms with Crippen LogP contribution in [0.2, 0.25) is 26.2 Å². The third kappa shape index (κ3) is 2.74. The second kappa shape index (κ2) is 6.13. The summed E-state index contributed by atoms with van der Waals surface area (Å²) < 4.78 is 0. The van der Waals surface area contributed by atoms with E-state index in [9.17, 15) is 5.11 Å². The Bertz CT molecular complexity index is 727. The van der Waals surface area contributed by atoms with E-state index in [-0.39, 0.29) is 44.1 Å². The molecule has 1 aliphatic heterocycles. The molecule has 0 aliphatic carbocycles. The molecule has 0 fully saturated rings. The van der Waals surface area contributed by atoms with Gasteiger partial charge in [0.2, 0.25) is 0 Å². The fourth-order valence-corrected chi connectivity index (χ4v) is 13.2. The van der Waals surface area contributed by atoms with E-state index in [1.165, 1.54) is 27.4 Å². The van der Waals surface area contributed by atoms with Crippen molar-refractivity contribution in [1.82, 2.24) is 0 Å². The predicted octanol–water partition coefficient (Wildman–Crippen LogP) is 3.91. The number of benzene rings is 2. The van der Waals surface area contributed by atoms with E-state index in [0.29, 0.717) is 5.75 Å². The second-order valence-electron chi connectivity index (χ2n) is 7.92. The summed E-state index contributed by atoms with van der Waals surface area (Å²) in [6.45, 7) is 16.5. The Hall–Kier alpha value is 0.115. The summed E-state index contributed by atoms with van der Waals surface area (Å²) in [6, 6.07) is 9.06. The topological polar surface area (TPSA) is 20.2 Å². The van der Waals surface area contributed by atoms with Crippen LogP contribution in [0.15, 0.2) is 24.3 Å². The second-order valence-corrected chi connectivity index (χ2v) is 23.0. The number of phenols is 1. The Morgan fingerprint density at radius 2 is 1.04 bits per heavy atom. The molecule has 1 aliphatic rings. The van der Waals surface area contributed by atoms with Crippen LogP contribution in [0.5, 0.6) is 5.75 Å². The molecular formula is C19H26AcOSi2. The van der Waals surface area contributed by atoms with Crippen LogP contribution in [-0.2, 0) is 0 Å². The molecule has 3 rings (SSSR count). The van der Waals surface area contributed by atoms with Gasteiger partial charge in [0.1, 0.15) is 5.75 Å². The SMILES string of the molecule is Cc1cc2c(cc1C)[Si](C)(C)[Si](C)(C)c1cc(C)c(O)cc1-2.[Ac]. The van der Waals surface area contributed by atoms with Gasteiger partial charge < -0.3 is 5.11 Å². The molecule has 0 spiro atoms. The van der Waals surface area contributed by atoms with Crippen molar-refractivity contribution in [2.75, 3.05) is 0 Å². The minimum Gasteiger partial charge on any atom is -0.508 e. The molecule has 0 bridgehead atoms. The molecule has 119 valence electrons. The Labute approximate surface area is 177 Å². The fraction of sp³-hybridized carbons (Fsp3) is 0.368. The molecule has 0 saturated heterocycles. The van der Waals surface area contributed by atoms with Crippen LogP contribution in [-0.4, -0.2) is 20.3 Å². The van der Waals surface area contributed by atoms with E-state index in [0.717, 1.165) is 5.56 Å². The molecule has 2 aromatic rings. The van der Waals surface area contributed by atoms with Crippen LogP contribution < -0.4 is 10.4 Å². The minimum absolute atomic E-state index is 0. The van der Waals surface area contributed by atoms with Crippen LogP contribution in [0.1, 0.15) is 16.7 Å². The summed E-state index contributed by atoms with van der Waals surface area (Å²) in [6.07, 6.45) is 0. The first-order valence-electron chi connectivity index (χ1n) is 8.03. The van der Waals surface area contributed by atoms with Gasteiger partial charge >= 0.3 is 0 Å². The molecule has 0 amide bonds. The van der Waals surface area contributed by atoms with Crippen LogP contribution in [0.4, 0.5) is 0 Å². The third-order valence-electron chi connectivity index (χ3n) is 6.17. The maximum atomic E-state index is 10.3. The molecule has 1 nitrogen and oxygen atoms in total. The quantitative estimate of drug-likeness (QED) is 0.491. The Balaban J connectivity index is 0.00000192. The Morgan fingerprint density at radius 3 is 1.57 bits per heavy atom. The maximum Gasteiger partial charge on any atom is 0.119 e. The molecule has 0 saturated carbocycles. The van der Waals surface area contributed by atoms with Crippen molar-refractivity contribution in [2.24, 2.45) is 0 Å². The third-order valence-corrected chi connectivity index (χ3v) is 23.8. The Kier molecular flexibility index (Phi) is 5.18. The van der Waals surface area contributed by atoms with Crippen LogP contribution in [0, 0.1) is 64.8 Å². The average molecular weight is 554 g/mol. The summed E-state index contributed by atoms with van der Waals surface area (Å²) in [5.41, 5.74) is 6.40. The minimum atomic E-state index is -1.56. The maximum absolute atomic E-state index is 10.3. The van der Waals surface area contributed by atoms with Crippen molar-refractivity contribution in [3.8, 4) is 16.9 Å². The summed E-state index contributed by atoms with van der Waals surface area (Å²) in [5, 5.41) is 13.4. The zero-order valence-electron chi connectivity index (χ0n) is 15.3. The molecule has 0 aromatic heterocycles. The average Bonchev–Trinajstić information content (AvgIpc) is 2.42.